The van der Waals surface area contributed by atoms with E-state index >= 15 is 0 Å². The molecule has 4 saturated heterocycles. The summed E-state index contributed by atoms with van der Waals surface area (Å²) in [6, 6.07) is 6.09. The smallest absolute Gasteiger partial charge is 0.415 e. The van der Waals surface area contributed by atoms with Crippen LogP contribution in [0.1, 0.15) is 18.4 Å². The van der Waals surface area contributed by atoms with Crippen LogP contribution in [0, 0.1) is 5.92 Å². The Balaban J connectivity index is 1.46. The second-order valence-corrected chi connectivity index (χ2v) is 6.96. The molecule has 0 unspecified atom stereocenters. The van der Waals surface area contributed by atoms with E-state index in [-0.39, 0.29) is 11.7 Å². The summed E-state index contributed by atoms with van der Waals surface area (Å²) in [5, 5.41) is 0. The van der Waals surface area contributed by atoms with Gasteiger partial charge in [-0.05, 0) is 37.6 Å². The number of amides is 1. The largest absolute Gasteiger partial charge is 0.493 e. The van der Waals surface area contributed by atoms with Crippen molar-refractivity contribution in [1.82, 2.24) is 4.90 Å². The van der Waals surface area contributed by atoms with Gasteiger partial charge in [-0.25, -0.2) is 4.79 Å². The van der Waals surface area contributed by atoms with E-state index in [0.29, 0.717) is 12.5 Å². The van der Waals surface area contributed by atoms with E-state index in [0.717, 1.165) is 56.9 Å². The molecular formula is C17H20N2O3. The van der Waals surface area contributed by atoms with Crippen molar-refractivity contribution in [1.29, 1.82) is 0 Å². The molecule has 116 valence electrons. The zero-order valence-electron chi connectivity index (χ0n) is 12.6. The van der Waals surface area contributed by atoms with Crippen molar-refractivity contribution in [2.45, 2.75) is 24.9 Å². The molecule has 5 aliphatic rings. The predicted molar refractivity (Wildman–Crippen MR) is 81.4 cm³/mol. The number of carbonyl (C=O) groups is 1. The van der Waals surface area contributed by atoms with E-state index in [4.69, 9.17) is 9.47 Å². The van der Waals surface area contributed by atoms with Crippen LogP contribution in [0.5, 0.6) is 5.75 Å². The van der Waals surface area contributed by atoms with Crippen LogP contribution in [0.25, 0.3) is 0 Å². The topological polar surface area (TPSA) is 42.0 Å². The SMILES string of the molecule is O=C1O[C@]2(CN3CCC2CC3)CN1c1ccc2c(c1)OCC2. The highest BCUT2D eigenvalue weighted by atomic mass is 16.6. The Labute approximate surface area is 129 Å². The van der Waals surface area contributed by atoms with Crippen LogP contribution >= 0.6 is 0 Å². The molecule has 1 spiro atoms. The lowest BCUT2D eigenvalue weighted by Crippen LogP contribution is -2.61. The second kappa shape index (κ2) is 4.38. The third-order valence-corrected chi connectivity index (χ3v) is 5.75. The summed E-state index contributed by atoms with van der Waals surface area (Å²) in [4.78, 5) is 16.7. The summed E-state index contributed by atoms with van der Waals surface area (Å²) in [5.74, 6) is 1.43. The number of anilines is 1. The first kappa shape index (κ1) is 12.8. The summed E-state index contributed by atoms with van der Waals surface area (Å²) < 4.78 is 11.5. The van der Waals surface area contributed by atoms with Gasteiger partial charge in [0, 0.05) is 24.9 Å². The molecular weight excluding hydrogens is 280 g/mol. The summed E-state index contributed by atoms with van der Waals surface area (Å²) in [6.07, 6.45) is 3.05. The van der Waals surface area contributed by atoms with Crippen molar-refractivity contribution in [2.24, 2.45) is 5.92 Å². The van der Waals surface area contributed by atoms with Gasteiger partial charge in [0.05, 0.1) is 18.8 Å². The Morgan fingerprint density at radius 2 is 2.05 bits per heavy atom. The van der Waals surface area contributed by atoms with Crippen molar-refractivity contribution >= 4 is 11.8 Å². The average Bonchev–Trinajstić information content (AvgIpc) is 3.12. The van der Waals surface area contributed by atoms with Crippen molar-refractivity contribution in [2.75, 3.05) is 37.7 Å². The lowest BCUT2D eigenvalue weighted by atomic mass is 9.75. The molecule has 0 aromatic heterocycles. The molecule has 22 heavy (non-hydrogen) atoms. The fourth-order valence-corrected chi connectivity index (χ4v) is 4.53. The summed E-state index contributed by atoms with van der Waals surface area (Å²) in [5.41, 5.74) is 1.83. The number of hydrogen-bond acceptors (Lipinski definition) is 4. The summed E-state index contributed by atoms with van der Waals surface area (Å²) in [7, 11) is 0. The molecule has 4 fully saturated rings. The van der Waals surface area contributed by atoms with Crippen LogP contribution in [0.2, 0.25) is 0 Å². The molecule has 5 heterocycles. The first-order valence-corrected chi connectivity index (χ1v) is 8.22. The molecule has 6 rings (SSSR count). The van der Waals surface area contributed by atoms with Crippen molar-refractivity contribution in [3.63, 3.8) is 0 Å². The second-order valence-electron chi connectivity index (χ2n) is 6.96. The van der Waals surface area contributed by atoms with Gasteiger partial charge in [-0.1, -0.05) is 6.07 Å². The molecule has 5 aliphatic heterocycles. The molecule has 0 aliphatic carbocycles. The quantitative estimate of drug-likeness (QED) is 0.796. The fraction of sp³-hybridized carbons (Fsp3) is 0.588. The van der Waals surface area contributed by atoms with E-state index in [1.165, 1.54) is 5.56 Å². The maximum Gasteiger partial charge on any atom is 0.415 e. The minimum absolute atomic E-state index is 0.202. The zero-order chi connectivity index (χ0) is 14.7. The van der Waals surface area contributed by atoms with Gasteiger partial charge in [0.2, 0.25) is 0 Å². The lowest BCUT2D eigenvalue weighted by molar-refractivity contribution is -0.0881. The number of fused-ring (bicyclic) bond motifs is 3. The highest BCUT2D eigenvalue weighted by Gasteiger charge is 2.55. The molecule has 1 aromatic rings. The fourth-order valence-electron chi connectivity index (χ4n) is 4.53. The first-order valence-electron chi connectivity index (χ1n) is 8.22. The summed E-state index contributed by atoms with van der Waals surface area (Å²) in [6.45, 7) is 4.60. The van der Waals surface area contributed by atoms with E-state index in [9.17, 15) is 4.79 Å². The third kappa shape index (κ3) is 1.72. The minimum atomic E-state index is -0.298. The Kier molecular flexibility index (Phi) is 2.54. The van der Waals surface area contributed by atoms with Crippen LogP contribution in [-0.2, 0) is 11.2 Å². The minimum Gasteiger partial charge on any atom is -0.493 e. The molecule has 5 heteroatoms. The number of hydrogen-bond donors (Lipinski definition) is 0. The summed E-state index contributed by atoms with van der Waals surface area (Å²) >= 11 is 0. The number of carbonyl (C=O) groups excluding carboxylic acids is 1. The molecule has 1 amide bonds. The van der Waals surface area contributed by atoms with Gasteiger partial charge in [-0.2, -0.15) is 0 Å². The molecule has 1 atom stereocenters. The van der Waals surface area contributed by atoms with E-state index < -0.39 is 0 Å². The normalized spacial score (nSPS) is 35.6. The Morgan fingerprint density at radius 3 is 2.82 bits per heavy atom. The number of piperidine rings is 3. The molecule has 0 radical (unpaired) electrons. The van der Waals surface area contributed by atoms with Gasteiger partial charge in [-0.3, -0.25) is 9.80 Å². The van der Waals surface area contributed by atoms with Crippen LogP contribution in [-0.4, -0.2) is 49.4 Å². The van der Waals surface area contributed by atoms with Gasteiger partial charge in [0.15, 0.2) is 0 Å². The molecule has 2 bridgehead atoms. The van der Waals surface area contributed by atoms with E-state index in [1.807, 2.05) is 12.1 Å². The monoisotopic (exact) mass is 300 g/mol. The number of benzene rings is 1. The molecule has 0 saturated carbocycles. The first-order chi connectivity index (χ1) is 10.7. The molecule has 5 nitrogen and oxygen atoms in total. The lowest BCUT2D eigenvalue weighted by Gasteiger charge is -2.49. The number of ether oxygens (including phenoxy) is 2. The number of rotatable bonds is 1. The maximum atomic E-state index is 12.5. The Bertz CT molecular complexity index is 639. The number of nitrogens with zero attached hydrogens (tertiary/aromatic N) is 2. The van der Waals surface area contributed by atoms with Crippen molar-refractivity contribution in [3.05, 3.63) is 23.8 Å². The van der Waals surface area contributed by atoms with Crippen LogP contribution in [0.3, 0.4) is 0 Å². The maximum absolute atomic E-state index is 12.5. The average molecular weight is 300 g/mol. The van der Waals surface area contributed by atoms with Gasteiger partial charge in [-0.15, -0.1) is 0 Å². The standard InChI is InChI=1S/C17H20N2O3/c20-16-19(14-2-1-12-5-8-21-15(12)9-14)11-17(22-16)10-18-6-3-13(17)4-7-18/h1-2,9,13H,3-8,10-11H2/t17-/m1/s1. The zero-order valence-corrected chi connectivity index (χ0v) is 12.6. The van der Waals surface area contributed by atoms with Crippen LogP contribution in [0.15, 0.2) is 18.2 Å². The van der Waals surface area contributed by atoms with Crippen molar-refractivity contribution < 1.29 is 14.3 Å². The third-order valence-electron chi connectivity index (χ3n) is 5.75. The molecule has 0 N–H and O–H groups in total. The van der Waals surface area contributed by atoms with Crippen LogP contribution in [0.4, 0.5) is 10.5 Å². The Hall–Kier alpha value is -1.75. The van der Waals surface area contributed by atoms with E-state index in [2.05, 4.69) is 11.0 Å². The highest BCUT2D eigenvalue weighted by Crippen LogP contribution is 2.43. The van der Waals surface area contributed by atoms with Gasteiger partial charge in [0.25, 0.3) is 0 Å². The Morgan fingerprint density at radius 1 is 1.18 bits per heavy atom. The van der Waals surface area contributed by atoms with Gasteiger partial charge in [0.1, 0.15) is 11.4 Å². The van der Waals surface area contributed by atoms with E-state index in [1.54, 1.807) is 4.90 Å². The molecule has 1 aromatic carbocycles. The van der Waals surface area contributed by atoms with Gasteiger partial charge < -0.3 is 9.47 Å². The van der Waals surface area contributed by atoms with Gasteiger partial charge >= 0.3 is 6.09 Å². The van der Waals surface area contributed by atoms with Crippen LogP contribution < -0.4 is 9.64 Å². The van der Waals surface area contributed by atoms with Crippen molar-refractivity contribution in [3.8, 4) is 5.75 Å². The predicted octanol–water partition coefficient (Wildman–Crippen LogP) is 2.04. The highest BCUT2D eigenvalue weighted by molar-refractivity contribution is 5.90.